The van der Waals surface area contributed by atoms with Crippen molar-refractivity contribution in [3.05, 3.63) is 0 Å². The molecule has 1 heterocycles. The molecular weight excluding hydrogens is 138 g/mol. The maximum atomic E-state index is 10.3. The highest BCUT2D eigenvalue weighted by atomic mass is 32.2. The standard InChI is InChI=1S/C5H5NO2S/c1-3-5(2-6,9-3)4(7)8/h3H,1H3,(H,7,8). The molecule has 1 rings (SSSR count). The second kappa shape index (κ2) is 1.64. The van der Waals surface area contributed by atoms with Crippen LogP contribution in [0.25, 0.3) is 0 Å². The molecule has 0 amide bonds. The highest BCUT2D eigenvalue weighted by Gasteiger charge is 2.60. The lowest BCUT2D eigenvalue weighted by Crippen LogP contribution is -2.22. The van der Waals surface area contributed by atoms with Gasteiger partial charge < -0.3 is 5.11 Å². The molecule has 1 fully saturated rings. The highest BCUT2D eigenvalue weighted by molar-refractivity contribution is 8.09. The fourth-order valence-electron chi connectivity index (χ4n) is 0.634. The van der Waals surface area contributed by atoms with E-state index in [9.17, 15) is 4.79 Å². The van der Waals surface area contributed by atoms with Crippen molar-refractivity contribution in [1.82, 2.24) is 0 Å². The first-order valence-corrected chi connectivity index (χ1v) is 3.34. The smallest absolute Gasteiger partial charge is 0.335 e. The SMILES string of the molecule is CC1SC1(C#N)C(=O)O. The minimum Gasteiger partial charge on any atom is -0.479 e. The van der Waals surface area contributed by atoms with Crippen molar-refractivity contribution in [3.8, 4) is 6.07 Å². The molecule has 0 saturated carbocycles. The fraction of sp³-hybridized carbons (Fsp3) is 0.600. The molecule has 0 spiro atoms. The number of carbonyl (C=O) groups is 1. The summed E-state index contributed by atoms with van der Waals surface area (Å²) in [7, 11) is 0. The first-order chi connectivity index (χ1) is 4.13. The van der Waals surface area contributed by atoms with Crippen LogP contribution in [-0.4, -0.2) is 21.1 Å². The Morgan fingerprint density at radius 3 is 2.44 bits per heavy atom. The first kappa shape index (κ1) is 6.43. The lowest BCUT2D eigenvalue weighted by Gasteiger charge is -1.92. The summed E-state index contributed by atoms with van der Waals surface area (Å²) in [5.41, 5.74) is 0. The summed E-state index contributed by atoms with van der Waals surface area (Å²) < 4.78 is -1.11. The van der Waals surface area contributed by atoms with Gasteiger partial charge in [0.25, 0.3) is 0 Å². The maximum Gasteiger partial charge on any atom is 0.335 e. The minimum atomic E-state index is -1.11. The van der Waals surface area contributed by atoms with Crippen LogP contribution in [0.1, 0.15) is 6.92 Å². The van der Waals surface area contributed by atoms with Gasteiger partial charge in [-0.1, -0.05) is 6.92 Å². The Bertz CT molecular complexity index is 198. The number of carboxylic acid groups (broad SMARTS) is 1. The molecule has 1 N–H and O–H groups in total. The van der Waals surface area contributed by atoms with Crippen LogP contribution in [0.4, 0.5) is 0 Å². The zero-order valence-electron chi connectivity index (χ0n) is 4.79. The molecule has 2 atom stereocenters. The van der Waals surface area contributed by atoms with Crippen molar-refractivity contribution < 1.29 is 9.90 Å². The van der Waals surface area contributed by atoms with Gasteiger partial charge in [-0.3, -0.25) is 0 Å². The van der Waals surface area contributed by atoms with Crippen LogP contribution in [0.15, 0.2) is 0 Å². The fourth-order valence-corrected chi connectivity index (χ4v) is 1.43. The van der Waals surface area contributed by atoms with E-state index < -0.39 is 10.7 Å². The molecule has 1 aliphatic heterocycles. The molecule has 1 saturated heterocycles. The summed E-state index contributed by atoms with van der Waals surface area (Å²) in [4.78, 5) is 10.3. The number of nitriles is 1. The van der Waals surface area contributed by atoms with E-state index in [0.717, 1.165) is 0 Å². The van der Waals surface area contributed by atoms with Crippen LogP contribution < -0.4 is 0 Å². The number of thioether (sulfide) groups is 1. The molecule has 48 valence electrons. The molecule has 0 radical (unpaired) electrons. The average molecular weight is 143 g/mol. The average Bonchev–Trinajstić information content (AvgIpc) is 2.43. The van der Waals surface area contributed by atoms with Gasteiger partial charge in [0, 0.05) is 5.25 Å². The number of rotatable bonds is 1. The molecule has 0 bridgehead atoms. The summed E-state index contributed by atoms with van der Waals surface area (Å²) in [6, 6.07) is 1.77. The number of hydrogen-bond acceptors (Lipinski definition) is 3. The van der Waals surface area contributed by atoms with Crippen molar-refractivity contribution >= 4 is 17.7 Å². The molecule has 0 aliphatic carbocycles. The molecule has 9 heavy (non-hydrogen) atoms. The second-order valence-electron chi connectivity index (χ2n) is 1.91. The van der Waals surface area contributed by atoms with Gasteiger partial charge in [0.2, 0.25) is 4.75 Å². The Kier molecular flexibility index (Phi) is 1.17. The molecule has 0 aromatic carbocycles. The number of carboxylic acids is 1. The summed E-state index contributed by atoms with van der Waals surface area (Å²) in [5.74, 6) is -1.01. The Balaban J connectivity index is 2.77. The van der Waals surface area contributed by atoms with Crippen molar-refractivity contribution in [1.29, 1.82) is 5.26 Å². The van der Waals surface area contributed by atoms with E-state index in [1.807, 2.05) is 0 Å². The normalized spacial score (nSPS) is 39.3. The summed E-state index contributed by atoms with van der Waals surface area (Å²) in [6.07, 6.45) is 0. The Hall–Kier alpha value is -0.690. The minimum absolute atomic E-state index is 0.0417. The molecule has 4 heteroatoms. The van der Waals surface area contributed by atoms with Crippen LogP contribution in [0, 0.1) is 11.3 Å². The van der Waals surface area contributed by atoms with Crippen molar-refractivity contribution in [2.45, 2.75) is 16.9 Å². The molecular formula is C5H5NO2S. The third kappa shape index (κ3) is 0.688. The lowest BCUT2D eigenvalue weighted by atomic mass is 10.1. The van der Waals surface area contributed by atoms with Gasteiger partial charge in [-0.05, 0) is 0 Å². The number of aliphatic carboxylic acids is 1. The van der Waals surface area contributed by atoms with Gasteiger partial charge in [-0.25, -0.2) is 4.79 Å². The Labute approximate surface area is 56.7 Å². The maximum absolute atomic E-state index is 10.3. The van der Waals surface area contributed by atoms with E-state index in [1.54, 1.807) is 13.0 Å². The van der Waals surface area contributed by atoms with Gasteiger partial charge in [0.1, 0.15) is 0 Å². The van der Waals surface area contributed by atoms with Crippen LogP contribution >= 0.6 is 11.8 Å². The van der Waals surface area contributed by atoms with E-state index in [2.05, 4.69) is 0 Å². The predicted molar refractivity (Wildman–Crippen MR) is 33.0 cm³/mol. The molecule has 3 nitrogen and oxygen atoms in total. The third-order valence-corrected chi connectivity index (χ3v) is 2.81. The summed E-state index contributed by atoms with van der Waals surface area (Å²) in [5, 5.41) is 16.7. The summed E-state index contributed by atoms with van der Waals surface area (Å²) in [6.45, 7) is 1.74. The molecule has 2 unspecified atom stereocenters. The van der Waals surface area contributed by atoms with Crippen LogP contribution in [-0.2, 0) is 4.79 Å². The van der Waals surface area contributed by atoms with Gasteiger partial charge in [0.15, 0.2) is 0 Å². The quantitative estimate of drug-likeness (QED) is 0.542. The zero-order chi connectivity index (χ0) is 7.07. The van der Waals surface area contributed by atoms with Crippen molar-refractivity contribution in [2.24, 2.45) is 0 Å². The number of hydrogen-bond donors (Lipinski definition) is 1. The van der Waals surface area contributed by atoms with E-state index in [0.29, 0.717) is 0 Å². The Morgan fingerprint density at radius 1 is 2.00 bits per heavy atom. The largest absolute Gasteiger partial charge is 0.479 e. The van der Waals surface area contributed by atoms with Crippen LogP contribution in [0.2, 0.25) is 0 Å². The number of nitrogens with zero attached hydrogens (tertiary/aromatic N) is 1. The molecule has 0 aromatic rings. The van der Waals surface area contributed by atoms with Gasteiger partial charge in [-0.15, -0.1) is 11.8 Å². The van der Waals surface area contributed by atoms with Gasteiger partial charge >= 0.3 is 5.97 Å². The predicted octanol–water partition coefficient (Wildman–Crippen LogP) is 0.469. The monoisotopic (exact) mass is 143 g/mol. The van der Waals surface area contributed by atoms with Gasteiger partial charge in [0.05, 0.1) is 6.07 Å². The first-order valence-electron chi connectivity index (χ1n) is 2.46. The highest BCUT2D eigenvalue weighted by Crippen LogP contribution is 2.52. The van der Waals surface area contributed by atoms with Crippen molar-refractivity contribution in [2.75, 3.05) is 0 Å². The van der Waals surface area contributed by atoms with Crippen molar-refractivity contribution in [3.63, 3.8) is 0 Å². The molecule has 0 aromatic heterocycles. The van der Waals surface area contributed by atoms with E-state index in [-0.39, 0.29) is 5.25 Å². The molecule has 1 aliphatic rings. The second-order valence-corrected chi connectivity index (χ2v) is 3.50. The topological polar surface area (TPSA) is 61.1 Å². The third-order valence-electron chi connectivity index (χ3n) is 1.36. The summed E-state index contributed by atoms with van der Waals surface area (Å²) >= 11 is 1.19. The van der Waals surface area contributed by atoms with E-state index in [1.165, 1.54) is 11.8 Å². The van der Waals surface area contributed by atoms with Gasteiger partial charge in [-0.2, -0.15) is 5.26 Å². The Morgan fingerprint density at radius 2 is 2.44 bits per heavy atom. The van der Waals surface area contributed by atoms with E-state index >= 15 is 0 Å². The van der Waals surface area contributed by atoms with Crippen LogP contribution in [0.3, 0.4) is 0 Å². The van der Waals surface area contributed by atoms with Crippen LogP contribution in [0.5, 0.6) is 0 Å². The van der Waals surface area contributed by atoms with E-state index in [4.69, 9.17) is 10.4 Å². The lowest BCUT2D eigenvalue weighted by molar-refractivity contribution is -0.137. The zero-order valence-corrected chi connectivity index (χ0v) is 5.60.